The molecule has 1 fully saturated rings. The number of carboxylic acid groups (broad SMARTS) is 1. The van der Waals surface area contributed by atoms with E-state index in [-0.39, 0.29) is 12.4 Å². The minimum Gasteiger partial charge on any atom is -0.487 e. The fraction of sp³-hybridized carbons (Fsp3) is 0.219. The highest BCUT2D eigenvalue weighted by molar-refractivity contribution is 7.85. The van der Waals surface area contributed by atoms with Gasteiger partial charge in [0.1, 0.15) is 41.8 Å². The van der Waals surface area contributed by atoms with Crippen molar-refractivity contribution in [1.29, 1.82) is 0 Å². The van der Waals surface area contributed by atoms with Crippen molar-refractivity contribution in [2.24, 2.45) is 0 Å². The van der Waals surface area contributed by atoms with Crippen LogP contribution < -0.4 is 10.1 Å². The van der Waals surface area contributed by atoms with Crippen molar-refractivity contribution in [1.82, 2.24) is 14.9 Å². The van der Waals surface area contributed by atoms with Crippen LogP contribution in [0.4, 0.5) is 29.1 Å². The molecule has 0 amide bonds. The van der Waals surface area contributed by atoms with Crippen LogP contribution in [0.1, 0.15) is 11.3 Å². The molecule has 1 aliphatic heterocycles. The van der Waals surface area contributed by atoms with Gasteiger partial charge in [0.2, 0.25) is 0 Å². The summed E-state index contributed by atoms with van der Waals surface area (Å²) in [5.41, 5.74) is 3.15. The van der Waals surface area contributed by atoms with Gasteiger partial charge in [-0.1, -0.05) is 23.7 Å². The molecule has 0 saturated carbocycles. The van der Waals surface area contributed by atoms with Gasteiger partial charge in [0.05, 0.1) is 17.1 Å². The molecule has 0 radical (unpaired) electrons. The summed E-state index contributed by atoms with van der Waals surface area (Å²) in [5, 5.41) is 11.7. The molecule has 1 aliphatic rings. The van der Waals surface area contributed by atoms with E-state index in [1.165, 1.54) is 18.5 Å². The number of benzene rings is 3. The molecule has 0 aliphatic carbocycles. The number of hydrogen-bond acceptors (Lipinski definition) is 8. The molecule has 2 N–H and O–H groups in total. The molecular weight excluding hydrogens is 664 g/mol. The maximum absolute atomic E-state index is 13.4. The summed E-state index contributed by atoms with van der Waals surface area (Å²) in [6.07, 6.45) is -3.57. The largest absolute Gasteiger partial charge is 0.490 e. The second-order valence-electron chi connectivity index (χ2n) is 10.3. The summed E-state index contributed by atoms with van der Waals surface area (Å²) in [4.78, 5) is 20.0. The van der Waals surface area contributed by atoms with Crippen molar-refractivity contribution in [3.05, 3.63) is 101 Å². The molecule has 3 heterocycles. The van der Waals surface area contributed by atoms with E-state index in [1.54, 1.807) is 24.3 Å². The summed E-state index contributed by atoms with van der Waals surface area (Å²) in [6, 6.07) is 21.5. The number of halogens is 5. The normalized spacial score (nSPS) is 14.0. The van der Waals surface area contributed by atoms with Gasteiger partial charge in [-0.2, -0.15) is 13.2 Å². The first-order chi connectivity index (χ1) is 22.4. The van der Waals surface area contributed by atoms with Crippen LogP contribution in [0.25, 0.3) is 22.2 Å². The SMILES string of the molecule is O=C(O)C(F)(F)F.O=S1CCN(Cc2ccc(-c3ccc4ncnc(Nc5ccc(OCc6cccc(F)c6)c(Cl)c5)c4c3)o2)CC1. The quantitative estimate of drug-likeness (QED) is 0.163. The molecule has 6 rings (SSSR count). The van der Waals surface area contributed by atoms with Crippen molar-refractivity contribution in [2.75, 3.05) is 29.9 Å². The van der Waals surface area contributed by atoms with E-state index in [9.17, 15) is 21.8 Å². The minimum atomic E-state index is -5.08. The Balaban J connectivity index is 0.000000559. The predicted octanol–water partition coefficient (Wildman–Crippen LogP) is 7.20. The first-order valence-corrected chi connectivity index (χ1v) is 16.0. The number of carboxylic acids is 1. The van der Waals surface area contributed by atoms with E-state index < -0.39 is 22.9 Å². The molecule has 0 bridgehead atoms. The monoisotopic (exact) mass is 690 g/mol. The number of aromatic nitrogens is 2. The van der Waals surface area contributed by atoms with E-state index in [0.717, 1.165) is 52.3 Å². The smallest absolute Gasteiger partial charge is 0.487 e. The number of alkyl halides is 3. The maximum Gasteiger partial charge on any atom is 0.490 e. The van der Waals surface area contributed by atoms with Gasteiger partial charge in [0.25, 0.3) is 0 Å². The van der Waals surface area contributed by atoms with Gasteiger partial charge in [-0.15, -0.1) is 0 Å². The average Bonchev–Trinajstić information content (AvgIpc) is 3.50. The fourth-order valence-corrected chi connectivity index (χ4v) is 5.96. The van der Waals surface area contributed by atoms with Gasteiger partial charge in [0, 0.05) is 52.0 Å². The van der Waals surface area contributed by atoms with Crippen LogP contribution in [-0.4, -0.2) is 60.9 Å². The van der Waals surface area contributed by atoms with Gasteiger partial charge in [-0.25, -0.2) is 19.2 Å². The van der Waals surface area contributed by atoms with Crippen molar-refractivity contribution in [3.63, 3.8) is 0 Å². The van der Waals surface area contributed by atoms with Crippen LogP contribution in [0.3, 0.4) is 0 Å². The predicted molar refractivity (Wildman–Crippen MR) is 170 cm³/mol. The number of fused-ring (bicyclic) bond motifs is 1. The number of furan rings is 1. The number of anilines is 2. The molecule has 2 aromatic heterocycles. The Morgan fingerprint density at radius 3 is 2.51 bits per heavy atom. The number of carbonyl (C=O) groups is 1. The third-order valence-corrected chi connectivity index (χ3v) is 8.52. The van der Waals surface area contributed by atoms with Crippen molar-refractivity contribution in [2.45, 2.75) is 19.3 Å². The summed E-state index contributed by atoms with van der Waals surface area (Å²) in [7, 11) is -0.701. The van der Waals surface area contributed by atoms with Gasteiger partial charge in [-0.05, 0) is 66.2 Å². The lowest BCUT2D eigenvalue weighted by Gasteiger charge is -2.24. The summed E-state index contributed by atoms with van der Waals surface area (Å²) in [5.74, 6) is 1.12. The van der Waals surface area contributed by atoms with E-state index in [4.69, 9.17) is 30.7 Å². The molecule has 0 spiro atoms. The van der Waals surface area contributed by atoms with Crippen LogP contribution in [0.2, 0.25) is 5.02 Å². The van der Waals surface area contributed by atoms with Gasteiger partial charge < -0.3 is 19.6 Å². The highest BCUT2D eigenvalue weighted by Gasteiger charge is 2.38. The lowest BCUT2D eigenvalue weighted by Crippen LogP contribution is -2.37. The first-order valence-electron chi connectivity index (χ1n) is 14.1. The lowest BCUT2D eigenvalue weighted by atomic mass is 10.1. The highest BCUT2D eigenvalue weighted by atomic mass is 35.5. The molecule has 246 valence electrons. The van der Waals surface area contributed by atoms with Gasteiger partial charge in [0.15, 0.2) is 0 Å². The summed E-state index contributed by atoms with van der Waals surface area (Å²) >= 11 is 6.49. The van der Waals surface area contributed by atoms with Crippen molar-refractivity contribution < 1.29 is 40.8 Å². The standard InChI is InChI=1S/C30H26ClFN4O3S.C2HF3O2/c31-26-16-23(5-8-29(26)38-18-20-2-1-3-22(32)14-20)35-30-25-15-21(4-7-27(25)33-19-34-30)28-9-6-24(39-28)17-36-10-12-40(37)13-11-36;3-2(4,5)1(6)7/h1-9,14-16,19H,10-13,17-18H2,(H,33,34,35);(H,6,7). The second kappa shape index (κ2) is 14.9. The molecule has 1 saturated heterocycles. The first kappa shape index (κ1) is 33.8. The number of nitrogens with zero attached hydrogens (tertiary/aromatic N) is 3. The molecule has 0 atom stereocenters. The number of nitrogens with one attached hydrogen (secondary N) is 1. The molecule has 47 heavy (non-hydrogen) atoms. The van der Waals surface area contributed by atoms with Crippen LogP contribution in [0.5, 0.6) is 5.75 Å². The van der Waals surface area contributed by atoms with Crippen LogP contribution in [-0.2, 0) is 28.7 Å². The Morgan fingerprint density at radius 1 is 1.04 bits per heavy atom. The molecule has 0 unspecified atom stereocenters. The summed E-state index contributed by atoms with van der Waals surface area (Å²) < 4.78 is 68.8. The lowest BCUT2D eigenvalue weighted by molar-refractivity contribution is -0.192. The van der Waals surface area contributed by atoms with Gasteiger partial charge in [-0.3, -0.25) is 9.11 Å². The van der Waals surface area contributed by atoms with Crippen LogP contribution >= 0.6 is 11.6 Å². The maximum atomic E-state index is 13.4. The number of aliphatic carboxylic acids is 1. The molecule has 5 aromatic rings. The van der Waals surface area contributed by atoms with Crippen molar-refractivity contribution in [3.8, 4) is 17.1 Å². The van der Waals surface area contributed by atoms with Crippen molar-refractivity contribution >= 4 is 50.8 Å². The number of hydrogen-bond donors (Lipinski definition) is 2. The third kappa shape index (κ3) is 9.27. The zero-order valence-corrected chi connectivity index (χ0v) is 26.0. The zero-order chi connectivity index (χ0) is 33.6. The molecule has 3 aromatic carbocycles. The topological polar surface area (TPSA) is 118 Å². The molecular formula is C32H27ClF4N4O5S. The zero-order valence-electron chi connectivity index (χ0n) is 24.5. The van der Waals surface area contributed by atoms with E-state index in [2.05, 4.69) is 20.2 Å². The Kier molecular flexibility index (Phi) is 10.7. The van der Waals surface area contributed by atoms with Crippen LogP contribution in [0.15, 0.2) is 83.5 Å². The Labute approximate surface area is 273 Å². The highest BCUT2D eigenvalue weighted by Crippen LogP contribution is 2.33. The Morgan fingerprint density at radius 2 is 1.81 bits per heavy atom. The second-order valence-corrected chi connectivity index (χ2v) is 12.4. The van der Waals surface area contributed by atoms with Crippen LogP contribution in [0, 0.1) is 5.82 Å². The number of ether oxygens (including phenoxy) is 1. The summed E-state index contributed by atoms with van der Waals surface area (Å²) in [6.45, 7) is 2.53. The van der Waals surface area contributed by atoms with E-state index in [0.29, 0.717) is 34.6 Å². The van der Waals surface area contributed by atoms with E-state index >= 15 is 0 Å². The fourth-order valence-electron chi connectivity index (χ4n) is 4.60. The third-order valence-electron chi connectivity index (χ3n) is 6.95. The molecule has 9 nitrogen and oxygen atoms in total. The minimum absolute atomic E-state index is 0.205. The molecule has 15 heteroatoms. The van der Waals surface area contributed by atoms with Gasteiger partial charge >= 0.3 is 12.1 Å². The average molecular weight is 691 g/mol. The van der Waals surface area contributed by atoms with E-state index in [1.807, 2.05) is 36.4 Å². The Hall–Kier alpha value is -4.53. The Bertz CT molecular complexity index is 1900. The number of rotatable bonds is 8.